The summed E-state index contributed by atoms with van der Waals surface area (Å²) >= 11 is 0. The quantitative estimate of drug-likeness (QED) is 0.777. The van der Waals surface area contributed by atoms with Crippen molar-refractivity contribution in [2.75, 3.05) is 16.8 Å². The summed E-state index contributed by atoms with van der Waals surface area (Å²) in [5.74, 6) is -0.671. The normalized spacial score (nSPS) is 11.2. The Hall–Kier alpha value is -2.83. The van der Waals surface area contributed by atoms with Gasteiger partial charge in [-0.1, -0.05) is 23.8 Å². The number of benzene rings is 2. The van der Waals surface area contributed by atoms with E-state index in [4.69, 9.17) is 0 Å². The minimum absolute atomic E-state index is 0.0391. The zero-order valence-corrected chi connectivity index (χ0v) is 16.3. The van der Waals surface area contributed by atoms with E-state index >= 15 is 0 Å². The largest absolute Gasteiger partial charge is 0.416 e. The molecule has 0 aromatic heterocycles. The molecule has 0 saturated carbocycles. The van der Waals surface area contributed by atoms with E-state index in [1.54, 1.807) is 0 Å². The van der Waals surface area contributed by atoms with Crippen LogP contribution in [-0.2, 0) is 15.8 Å². The molecular formula is C21H23F3N2O2. The number of nitrogens with zero attached hydrogens (tertiary/aromatic N) is 1. The van der Waals surface area contributed by atoms with Crippen LogP contribution in [0.25, 0.3) is 0 Å². The highest BCUT2D eigenvalue weighted by Gasteiger charge is 2.30. The molecule has 2 amide bonds. The topological polar surface area (TPSA) is 49.4 Å². The van der Waals surface area contributed by atoms with Crippen molar-refractivity contribution in [3.63, 3.8) is 0 Å². The molecule has 0 unspecified atom stereocenters. The number of amides is 2. The van der Waals surface area contributed by atoms with Crippen molar-refractivity contribution in [3.8, 4) is 0 Å². The maximum absolute atomic E-state index is 12.8. The number of carbonyl (C=O) groups excluding carboxylic acids is 2. The van der Waals surface area contributed by atoms with E-state index in [0.29, 0.717) is 0 Å². The number of rotatable bonds is 5. The van der Waals surface area contributed by atoms with Crippen molar-refractivity contribution in [3.05, 3.63) is 58.7 Å². The Balaban J connectivity index is 2.11. The third-order valence-corrected chi connectivity index (χ3v) is 4.32. The second-order valence-electron chi connectivity index (χ2n) is 6.79. The van der Waals surface area contributed by atoms with Gasteiger partial charge in [-0.3, -0.25) is 9.59 Å². The van der Waals surface area contributed by atoms with E-state index in [1.807, 2.05) is 32.9 Å². The fraction of sp³-hybridized carbons (Fsp3) is 0.333. The lowest BCUT2D eigenvalue weighted by molar-refractivity contribution is -0.137. The first-order chi connectivity index (χ1) is 13.0. The van der Waals surface area contributed by atoms with Crippen molar-refractivity contribution in [1.29, 1.82) is 0 Å². The predicted molar refractivity (Wildman–Crippen MR) is 103 cm³/mol. The zero-order chi connectivity index (χ0) is 21.1. The molecule has 28 heavy (non-hydrogen) atoms. The van der Waals surface area contributed by atoms with Gasteiger partial charge in [0.25, 0.3) is 0 Å². The molecule has 0 spiro atoms. The molecule has 0 aliphatic heterocycles. The van der Waals surface area contributed by atoms with E-state index in [1.165, 1.54) is 24.0 Å². The Bertz CT molecular complexity index is 868. The van der Waals surface area contributed by atoms with Gasteiger partial charge in [-0.25, -0.2) is 0 Å². The fourth-order valence-corrected chi connectivity index (χ4v) is 3.23. The number of halogens is 3. The van der Waals surface area contributed by atoms with Crippen LogP contribution < -0.4 is 10.2 Å². The molecule has 0 fully saturated rings. The molecule has 7 heteroatoms. The molecule has 150 valence electrons. The monoisotopic (exact) mass is 392 g/mol. The van der Waals surface area contributed by atoms with E-state index in [2.05, 4.69) is 5.32 Å². The van der Waals surface area contributed by atoms with Crippen molar-refractivity contribution in [2.45, 2.75) is 40.3 Å². The highest BCUT2D eigenvalue weighted by atomic mass is 19.4. The smallest absolute Gasteiger partial charge is 0.326 e. The first-order valence-electron chi connectivity index (χ1n) is 8.82. The van der Waals surface area contributed by atoms with Crippen molar-refractivity contribution in [1.82, 2.24) is 0 Å². The van der Waals surface area contributed by atoms with Gasteiger partial charge in [0.15, 0.2) is 0 Å². The summed E-state index contributed by atoms with van der Waals surface area (Å²) in [5.41, 5.74) is 2.91. The maximum Gasteiger partial charge on any atom is 0.416 e. The lowest BCUT2D eigenvalue weighted by Gasteiger charge is -2.25. The number of carbonyl (C=O) groups is 2. The van der Waals surface area contributed by atoms with Gasteiger partial charge in [0.1, 0.15) is 0 Å². The summed E-state index contributed by atoms with van der Waals surface area (Å²) < 4.78 is 38.3. The molecular weight excluding hydrogens is 369 g/mol. The first-order valence-corrected chi connectivity index (χ1v) is 8.82. The van der Waals surface area contributed by atoms with E-state index in [-0.39, 0.29) is 24.6 Å². The lowest BCUT2D eigenvalue weighted by atomic mass is 10.0. The molecule has 2 aromatic rings. The van der Waals surface area contributed by atoms with Crippen LogP contribution in [0.3, 0.4) is 0 Å². The summed E-state index contributed by atoms with van der Waals surface area (Å²) in [7, 11) is 0. The summed E-state index contributed by atoms with van der Waals surface area (Å²) in [6.07, 6.45) is -4.52. The Morgan fingerprint density at radius 1 is 1.04 bits per heavy atom. The van der Waals surface area contributed by atoms with Crippen LogP contribution in [0.2, 0.25) is 0 Å². The van der Waals surface area contributed by atoms with Crippen LogP contribution in [0.15, 0.2) is 36.4 Å². The molecule has 2 rings (SSSR count). The highest BCUT2D eigenvalue weighted by Crippen LogP contribution is 2.31. The number of hydrogen-bond acceptors (Lipinski definition) is 2. The second kappa shape index (κ2) is 8.46. The first kappa shape index (κ1) is 21.5. The SMILES string of the molecule is CC(=O)N(CCC(=O)Nc1cccc(C(F)(F)F)c1)c1c(C)cc(C)cc1C. The lowest BCUT2D eigenvalue weighted by Crippen LogP contribution is -2.33. The fourth-order valence-electron chi connectivity index (χ4n) is 3.23. The number of aryl methyl sites for hydroxylation is 3. The van der Waals surface area contributed by atoms with Crippen molar-refractivity contribution >= 4 is 23.2 Å². The Morgan fingerprint density at radius 2 is 1.64 bits per heavy atom. The molecule has 0 saturated heterocycles. The minimum Gasteiger partial charge on any atom is -0.326 e. The van der Waals surface area contributed by atoms with Crippen LogP contribution in [-0.4, -0.2) is 18.4 Å². The van der Waals surface area contributed by atoms with Gasteiger partial charge >= 0.3 is 6.18 Å². The van der Waals surface area contributed by atoms with Crippen LogP contribution in [0.4, 0.5) is 24.5 Å². The van der Waals surface area contributed by atoms with Crippen molar-refractivity contribution < 1.29 is 22.8 Å². The van der Waals surface area contributed by atoms with Gasteiger partial charge in [-0.15, -0.1) is 0 Å². The summed E-state index contributed by atoms with van der Waals surface area (Å²) in [4.78, 5) is 25.9. The third kappa shape index (κ3) is 5.34. The Kier molecular flexibility index (Phi) is 6.48. The number of anilines is 2. The molecule has 0 bridgehead atoms. The molecule has 2 aromatic carbocycles. The van der Waals surface area contributed by atoms with E-state index < -0.39 is 17.6 Å². The number of nitrogens with one attached hydrogen (secondary N) is 1. The zero-order valence-electron chi connectivity index (χ0n) is 16.3. The standard InChI is InChI=1S/C21H23F3N2O2/c1-13-10-14(2)20(15(3)11-13)26(16(4)27)9-8-19(28)25-18-7-5-6-17(12-18)21(22,23)24/h5-7,10-12H,8-9H2,1-4H3,(H,25,28). The molecule has 1 N–H and O–H groups in total. The third-order valence-electron chi connectivity index (χ3n) is 4.32. The van der Waals surface area contributed by atoms with Crippen LogP contribution in [0.5, 0.6) is 0 Å². The van der Waals surface area contributed by atoms with Gasteiger partial charge < -0.3 is 10.2 Å². The van der Waals surface area contributed by atoms with Gasteiger partial charge in [0.2, 0.25) is 11.8 Å². The summed E-state index contributed by atoms with van der Waals surface area (Å²) in [5, 5.41) is 2.46. The van der Waals surface area contributed by atoms with Gasteiger partial charge in [-0.2, -0.15) is 13.2 Å². The molecule has 0 heterocycles. The Labute approximate surface area is 162 Å². The van der Waals surface area contributed by atoms with Crippen LogP contribution in [0.1, 0.15) is 35.6 Å². The molecule has 0 aliphatic rings. The summed E-state index contributed by atoms with van der Waals surface area (Å²) in [6.45, 7) is 7.31. The second-order valence-corrected chi connectivity index (χ2v) is 6.79. The molecule has 0 radical (unpaired) electrons. The predicted octanol–water partition coefficient (Wildman–Crippen LogP) is 5.01. The average Bonchev–Trinajstić information content (AvgIpc) is 2.56. The maximum atomic E-state index is 12.8. The number of alkyl halides is 3. The minimum atomic E-state index is -4.48. The Morgan fingerprint density at radius 3 is 2.18 bits per heavy atom. The number of hydrogen-bond donors (Lipinski definition) is 1. The molecule has 0 atom stereocenters. The highest BCUT2D eigenvalue weighted by molar-refractivity contribution is 5.96. The summed E-state index contributed by atoms with van der Waals surface area (Å²) in [6, 6.07) is 8.37. The average molecular weight is 392 g/mol. The van der Waals surface area contributed by atoms with Crippen LogP contribution >= 0.6 is 0 Å². The van der Waals surface area contributed by atoms with E-state index in [9.17, 15) is 22.8 Å². The van der Waals surface area contributed by atoms with Crippen molar-refractivity contribution in [2.24, 2.45) is 0 Å². The van der Waals surface area contributed by atoms with Gasteiger partial charge in [-0.05, 0) is 50.1 Å². The van der Waals surface area contributed by atoms with Gasteiger partial charge in [0.05, 0.1) is 5.56 Å². The molecule has 0 aliphatic carbocycles. The van der Waals surface area contributed by atoms with Crippen LogP contribution in [0, 0.1) is 20.8 Å². The molecule has 4 nitrogen and oxygen atoms in total. The van der Waals surface area contributed by atoms with E-state index in [0.717, 1.165) is 34.5 Å². The van der Waals surface area contributed by atoms with Gasteiger partial charge in [0, 0.05) is 31.3 Å².